The number of urea groups is 1. The molecule has 2 aliphatic rings. The second-order valence-electron chi connectivity index (χ2n) is 6.17. The highest BCUT2D eigenvalue weighted by atomic mass is 16.4. The van der Waals surface area contributed by atoms with Crippen molar-refractivity contribution in [3.8, 4) is 0 Å². The lowest BCUT2D eigenvalue weighted by Crippen LogP contribution is -2.51. The number of carbonyl (C=O) groups excluding carboxylic acids is 1. The number of hydrogen-bond donors (Lipinski definition) is 2. The van der Waals surface area contributed by atoms with E-state index < -0.39 is 5.97 Å². The van der Waals surface area contributed by atoms with Crippen LogP contribution in [0, 0.1) is 5.92 Å². The molecule has 1 unspecified atom stereocenters. The zero-order valence-electron chi connectivity index (χ0n) is 12.3. The average molecular weight is 283 g/mol. The number of rotatable bonds is 5. The van der Waals surface area contributed by atoms with E-state index in [1.165, 1.54) is 0 Å². The molecule has 0 spiro atoms. The maximum Gasteiger partial charge on any atom is 0.317 e. The Morgan fingerprint density at radius 3 is 2.30 bits per heavy atom. The molecule has 0 aromatic heterocycles. The van der Waals surface area contributed by atoms with Gasteiger partial charge < -0.3 is 20.2 Å². The summed E-state index contributed by atoms with van der Waals surface area (Å²) in [6.45, 7) is 1.50. The third-order valence-electron chi connectivity index (χ3n) is 4.38. The molecular weight excluding hydrogens is 258 g/mol. The summed E-state index contributed by atoms with van der Waals surface area (Å²) in [5.74, 6) is -0.483. The second-order valence-corrected chi connectivity index (χ2v) is 6.17. The molecule has 2 rings (SSSR count). The summed E-state index contributed by atoms with van der Waals surface area (Å²) < 4.78 is 0. The molecule has 114 valence electrons. The van der Waals surface area contributed by atoms with E-state index in [1.54, 1.807) is 0 Å². The van der Waals surface area contributed by atoms with Gasteiger partial charge >= 0.3 is 12.0 Å². The maximum atomic E-state index is 12.2. The fourth-order valence-electron chi connectivity index (χ4n) is 2.86. The van der Waals surface area contributed by atoms with Gasteiger partial charge in [-0.2, -0.15) is 0 Å². The fourth-order valence-corrected chi connectivity index (χ4v) is 2.86. The van der Waals surface area contributed by atoms with Crippen molar-refractivity contribution < 1.29 is 14.7 Å². The number of carboxylic acid groups (broad SMARTS) is 1. The van der Waals surface area contributed by atoms with Crippen LogP contribution in [0.15, 0.2) is 0 Å². The van der Waals surface area contributed by atoms with Crippen LogP contribution in [0.4, 0.5) is 4.79 Å². The second kappa shape index (κ2) is 6.43. The molecule has 1 aliphatic carbocycles. The van der Waals surface area contributed by atoms with Gasteiger partial charge in [-0.3, -0.25) is 4.79 Å². The van der Waals surface area contributed by atoms with Crippen molar-refractivity contribution in [3.63, 3.8) is 0 Å². The van der Waals surface area contributed by atoms with E-state index in [4.69, 9.17) is 5.11 Å². The van der Waals surface area contributed by atoms with Gasteiger partial charge in [0.2, 0.25) is 0 Å². The van der Waals surface area contributed by atoms with Gasteiger partial charge in [-0.05, 0) is 45.7 Å². The molecule has 2 N–H and O–H groups in total. The topological polar surface area (TPSA) is 72.9 Å². The first-order chi connectivity index (χ1) is 9.47. The van der Waals surface area contributed by atoms with Crippen molar-refractivity contribution in [1.82, 2.24) is 15.1 Å². The molecule has 20 heavy (non-hydrogen) atoms. The average Bonchev–Trinajstić information content (AvgIpc) is 3.21. The standard InChI is InChI=1S/C14H25N3O3/c1-16(2)11-5-7-17(8-6-11)14(20)15-12(9-13(18)19)10-3-4-10/h10-12H,3-9H2,1-2H3,(H,15,20)(H,18,19). The molecule has 1 atom stereocenters. The molecule has 2 fully saturated rings. The first-order valence-corrected chi connectivity index (χ1v) is 7.41. The van der Waals surface area contributed by atoms with E-state index in [-0.39, 0.29) is 18.5 Å². The molecule has 1 saturated carbocycles. The molecule has 0 aromatic rings. The molecule has 0 aromatic carbocycles. The predicted molar refractivity (Wildman–Crippen MR) is 75.6 cm³/mol. The Balaban J connectivity index is 1.80. The van der Waals surface area contributed by atoms with E-state index in [1.807, 2.05) is 4.90 Å². The molecule has 0 bridgehead atoms. The predicted octanol–water partition coefficient (Wildman–Crippen LogP) is 0.975. The van der Waals surface area contributed by atoms with Crippen LogP contribution in [0.1, 0.15) is 32.1 Å². The number of carboxylic acids is 1. The van der Waals surface area contributed by atoms with Crippen LogP contribution < -0.4 is 5.32 Å². The molecule has 1 heterocycles. The van der Waals surface area contributed by atoms with Crippen molar-refractivity contribution in [1.29, 1.82) is 0 Å². The number of piperidine rings is 1. The summed E-state index contributed by atoms with van der Waals surface area (Å²) in [6, 6.07) is 0.240. The van der Waals surface area contributed by atoms with Crippen molar-refractivity contribution in [3.05, 3.63) is 0 Å². The van der Waals surface area contributed by atoms with Gasteiger partial charge in [0.15, 0.2) is 0 Å². The summed E-state index contributed by atoms with van der Waals surface area (Å²) in [7, 11) is 4.13. The number of aliphatic carboxylic acids is 1. The lowest BCUT2D eigenvalue weighted by Gasteiger charge is -2.35. The lowest BCUT2D eigenvalue weighted by atomic mass is 10.0. The quantitative estimate of drug-likeness (QED) is 0.789. The van der Waals surface area contributed by atoms with Crippen LogP contribution in [-0.4, -0.2) is 66.2 Å². The van der Waals surface area contributed by atoms with Crippen LogP contribution >= 0.6 is 0 Å². The lowest BCUT2D eigenvalue weighted by molar-refractivity contribution is -0.137. The number of carbonyl (C=O) groups is 2. The number of nitrogens with one attached hydrogen (secondary N) is 1. The highest BCUT2D eigenvalue weighted by Crippen LogP contribution is 2.34. The van der Waals surface area contributed by atoms with Gasteiger partial charge in [0.05, 0.1) is 6.42 Å². The van der Waals surface area contributed by atoms with E-state index in [2.05, 4.69) is 24.3 Å². The molecule has 6 nitrogen and oxygen atoms in total. The molecule has 0 radical (unpaired) electrons. The minimum absolute atomic E-state index is 0.0323. The summed E-state index contributed by atoms with van der Waals surface area (Å²) in [4.78, 5) is 27.1. The third-order valence-corrected chi connectivity index (χ3v) is 4.38. The molecule has 1 aliphatic heterocycles. The van der Waals surface area contributed by atoms with Crippen molar-refractivity contribution in [2.45, 2.75) is 44.2 Å². The number of amides is 2. The SMILES string of the molecule is CN(C)C1CCN(C(=O)NC(CC(=O)O)C2CC2)CC1. The Morgan fingerprint density at radius 2 is 1.85 bits per heavy atom. The van der Waals surface area contributed by atoms with Crippen LogP contribution in [0.25, 0.3) is 0 Å². The van der Waals surface area contributed by atoms with E-state index >= 15 is 0 Å². The first kappa shape index (κ1) is 15.1. The summed E-state index contributed by atoms with van der Waals surface area (Å²) in [6.07, 6.45) is 4.05. The number of likely N-dealkylation sites (tertiary alicyclic amines) is 1. The fraction of sp³-hybridized carbons (Fsp3) is 0.857. The highest BCUT2D eigenvalue weighted by molar-refractivity contribution is 5.76. The van der Waals surface area contributed by atoms with E-state index in [9.17, 15) is 9.59 Å². The number of nitrogens with zero attached hydrogens (tertiary/aromatic N) is 2. The van der Waals surface area contributed by atoms with Gasteiger partial charge in [0.25, 0.3) is 0 Å². The van der Waals surface area contributed by atoms with E-state index in [0.29, 0.717) is 12.0 Å². The highest BCUT2D eigenvalue weighted by Gasteiger charge is 2.35. The molecule has 6 heteroatoms. The smallest absolute Gasteiger partial charge is 0.317 e. The minimum atomic E-state index is -0.839. The van der Waals surface area contributed by atoms with Gasteiger partial charge in [0.1, 0.15) is 0 Å². The Bertz CT molecular complexity index is 361. The Morgan fingerprint density at radius 1 is 1.25 bits per heavy atom. The Kier molecular flexibility index (Phi) is 4.86. The zero-order chi connectivity index (χ0) is 14.7. The summed E-state index contributed by atoms with van der Waals surface area (Å²) >= 11 is 0. The van der Waals surface area contributed by atoms with Gasteiger partial charge in [0, 0.05) is 25.2 Å². The summed E-state index contributed by atoms with van der Waals surface area (Å²) in [5, 5.41) is 11.8. The number of hydrogen-bond acceptors (Lipinski definition) is 3. The Labute approximate surface area is 120 Å². The Hall–Kier alpha value is -1.30. The molecule has 2 amide bonds. The first-order valence-electron chi connectivity index (χ1n) is 7.41. The van der Waals surface area contributed by atoms with Crippen LogP contribution in [0.3, 0.4) is 0 Å². The zero-order valence-corrected chi connectivity index (χ0v) is 12.3. The molecular formula is C14H25N3O3. The minimum Gasteiger partial charge on any atom is -0.481 e. The van der Waals surface area contributed by atoms with Crippen molar-refractivity contribution in [2.24, 2.45) is 5.92 Å². The molecule has 1 saturated heterocycles. The largest absolute Gasteiger partial charge is 0.481 e. The maximum absolute atomic E-state index is 12.2. The van der Waals surface area contributed by atoms with Crippen LogP contribution in [0.2, 0.25) is 0 Å². The van der Waals surface area contributed by atoms with Crippen molar-refractivity contribution >= 4 is 12.0 Å². The monoisotopic (exact) mass is 283 g/mol. The summed E-state index contributed by atoms with van der Waals surface area (Å²) in [5.41, 5.74) is 0. The van der Waals surface area contributed by atoms with Crippen LogP contribution in [0.5, 0.6) is 0 Å². The third kappa shape index (κ3) is 4.10. The van der Waals surface area contributed by atoms with Crippen LogP contribution in [-0.2, 0) is 4.79 Å². The van der Waals surface area contributed by atoms with Crippen molar-refractivity contribution in [2.75, 3.05) is 27.2 Å². The van der Waals surface area contributed by atoms with Gasteiger partial charge in [-0.1, -0.05) is 0 Å². The normalized spacial score (nSPS) is 21.9. The van der Waals surface area contributed by atoms with E-state index in [0.717, 1.165) is 38.8 Å². The van der Waals surface area contributed by atoms with Gasteiger partial charge in [-0.25, -0.2) is 4.79 Å². The van der Waals surface area contributed by atoms with Gasteiger partial charge in [-0.15, -0.1) is 0 Å².